The van der Waals surface area contributed by atoms with Crippen LogP contribution in [-0.4, -0.2) is 24.0 Å². The second-order valence-corrected chi connectivity index (χ2v) is 6.61. The smallest absolute Gasteiger partial charge is 0.416 e. The summed E-state index contributed by atoms with van der Waals surface area (Å²) < 4.78 is 43.9. The second-order valence-electron chi connectivity index (χ2n) is 6.61. The van der Waals surface area contributed by atoms with Crippen LogP contribution in [0.5, 0.6) is 0 Å². The Morgan fingerprint density at radius 2 is 2.04 bits per heavy atom. The molecule has 2 bridgehead atoms. The van der Waals surface area contributed by atoms with Crippen LogP contribution >= 0.6 is 0 Å². The number of nitrogens with one attached hydrogen (secondary N) is 2. The van der Waals surface area contributed by atoms with Gasteiger partial charge in [0.2, 0.25) is 0 Å². The molecule has 2 saturated heterocycles. The molecule has 3 unspecified atom stereocenters. The van der Waals surface area contributed by atoms with Crippen LogP contribution in [0.1, 0.15) is 35.4 Å². The van der Waals surface area contributed by atoms with Gasteiger partial charge < -0.3 is 15.1 Å². The van der Waals surface area contributed by atoms with Crippen molar-refractivity contribution in [3.63, 3.8) is 0 Å². The lowest BCUT2D eigenvalue weighted by Gasteiger charge is -2.20. The molecule has 2 N–H and O–H groups in total. The summed E-state index contributed by atoms with van der Waals surface area (Å²) in [5.41, 5.74) is -0.462. The first-order valence-corrected chi connectivity index (χ1v) is 8.24. The molecule has 0 aliphatic carbocycles. The molecule has 1 aromatic heterocycles. The quantitative estimate of drug-likeness (QED) is 0.890. The van der Waals surface area contributed by atoms with Gasteiger partial charge in [0, 0.05) is 23.7 Å². The van der Waals surface area contributed by atoms with Crippen LogP contribution in [0.15, 0.2) is 40.8 Å². The Labute approximate surface area is 142 Å². The Morgan fingerprint density at radius 1 is 1.20 bits per heavy atom. The number of hydrogen-bond acceptors (Lipinski definition) is 3. The zero-order chi connectivity index (χ0) is 17.6. The van der Waals surface area contributed by atoms with Gasteiger partial charge in [-0.3, -0.25) is 4.79 Å². The molecule has 0 radical (unpaired) electrons. The minimum absolute atomic E-state index is 0.0772. The second kappa shape index (κ2) is 5.91. The Bertz CT molecular complexity index is 800. The Kier molecular flexibility index (Phi) is 3.83. The van der Waals surface area contributed by atoms with E-state index in [4.69, 9.17) is 4.42 Å². The van der Waals surface area contributed by atoms with E-state index in [-0.39, 0.29) is 29.0 Å². The van der Waals surface area contributed by atoms with Crippen LogP contribution in [0.3, 0.4) is 0 Å². The molecule has 1 amide bonds. The monoisotopic (exact) mass is 350 g/mol. The number of alkyl halides is 3. The maximum atomic E-state index is 12.8. The van der Waals surface area contributed by atoms with Crippen molar-refractivity contribution in [2.45, 2.75) is 43.6 Å². The van der Waals surface area contributed by atoms with Crippen molar-refractivity contribution >= 4 is 5.91 Å². The standard InChI is InChI=1S/C18H17F3N2O2/c19-18(20,21)11-3-1-2-10(8-11)15-6-7-16(25-15)17(24)23-14-9-12-4-5-13(14)22-12/h1-3,6-8,12-14,22H,4-5,9H2,(H,23,24). The lowest BCUT2D eigenvalue weighted by atomic mass is 9.95. The maximum absolute atomic E-state index is 12.8. The average molecular weight is 350 g/mol. The van der Waals surface area contributed by atoms with Gasteiger partial charge in [-0.05, 0) is 43.5 Å². The Morgan fingerprint density at radius 3 is 2.72 bits per heavy atom. The van der Waals surface area contributed by atoms with E-state index in [9.17, 15) is 18.0 Å². The van der Waals surface area contributed by atoms with Crippen molar-refractivity contribution < 1.29 is 22.4 Å². The largest absolute Gasteiger partial charge is 0.451 e. The molecule has 2 aromatic rings. The molecule has 3 atom stereocenters. The minimum Gasteiger partial charge on any atom is -0.451 e. The van der Waals surface area contributed by atoms with Crippen LogP contribution in [0.4, 0.5) is 13.2 Å². The summed E-state index contributed by atoms with van der Waals surface area (Å²) >= 11 is 0. The first-order chi connectivity index (χ1) is 11.9. The molecule has 3 heterocycles. The van der Waals surface area contributed by atoms with Crippen LogP contribution < -0.4 is 10.6 Å². The van der Waals surface area contributed by atoms with Crippen molar-refractivity contribution in [2.24, 2.45) is 0 Å². The van der Waals surface area contributed by atoms with E-state index in [2.05, 4.69) is 10.6 Å². The Balaban J connectivity index is 1.49. The van der Waals surface area contributed by atoms with E-state index in [1.165, 1.54) is 24.3 Å². The number of fused-ring (bicyclic) bond motifs is 2. The van der Waals surface area contributed by atoms with E-state index in [0.29, 0.717) is 12.1 Å². The molecule has 132 valence electrons. The number of benzene rings is 1. The highest BCUT2D eigenvalue weighted by atomic mass is 19.4. The molecule has 25 heavy (non-hydrogen) atoms. The molecule has 7 heteroatoms. The molecule has 2 aliphatic rings. The van der Waals surface area contributed by atoms with Gasteiger partial charge >= 0.3 is 6.18 Å². The summed E-state index contributed by atoms with van der Waals surface area (Å²) in [4.78, 5) is 12.3. The highest BCUT2D eigenvalue weighted by Crippen LogP contribution is 2.33. The van der Waals surface area contributed by atoms with Crippen molar-refractivity contribution in [3.8, 4) is 11.3 Å². The number of halogens is 3. The fourth-order valence-electron chi connectivity index (χ4n) is 3.69. The van der Waals surface area contributed by atoms with Gasteiger partial charge in [-0.2, -0.15) is 13.2 Å². The number of furan rings is 1. The third-order valence-corrected chi connectivity index (χ3v) is 4.92. The number of carbonyl (C=O) groups is 1. The molecule has 2 aliphatic heterocycles. The highest BCUT2D eigenvalue weighted by molar-refractivity contribution is 5.92. The van der Waals surface area contributed by atoms with Gasteiger partial charge in [0.25, 0.3) is 5.91 Å². The zero-order valence-electron chi connectivity index (χ0n) is 13.3. The fraction of sp³-hybridized carbons (Fsp3) is 0.389. The van der Waals surface area contributed by atoms with Gasteiger partial charge in [0.15, 0.2) is 5.76 Å². The van der Waals surface area contributed by atoms with Crippen molar-refractivity contribution in [2.75, 3.05) is 0 Å². The van der Waals surface area contributed by atoms with Crippen molar-refractivity contribution in [1.29, 1.82) is 0 Å². The van der Waals surface area contributed by atoms with Gasteiger partial charge in [0.1, 0.15) is 5.76 Å². The van der Waals surface area contributed by atoms with E-state index >= 15 is 0 Å². The third kappa shape index (κ3) is 3.16. The fourth-order valence-corrected chi connectivity index (χ4v) is 3.69. The van der Waals surface area contributed by atoms with E-state index in [1.807, 2.05) is 0 Å². The average Bonchev–Trinajstić information content (AvgIpc) is 3.30. The van der Waals surface area contributed by atoms with Gasteiger partial charge in [-0.15, -0.1) is 0 Å². The van der Waals surface area contributed by atoms with Crippen molar-refractivity contribution in [1.82, 2.24) is 10.6 Å². The summed E-state index contributed by atoms with van der Waals surface area (Å²) in [5.74, 6) is 0.00933. The molecular weight excluding hydrogens is 333 g/mol. The number of amides is 1. The number of hydrogen-bond donors (Lipinski definition) is 2. The van der Waals surface area contributed by atoms with Crippen LogP contribution in [0, 0.1) is 0 Å². The third-order valence-electron chi connectivity index (χ3n) is 4.92. The SMILES string of the molecule is O=C(NC1CC2CCC1N2)c1ccc(-c2cccc(C(F)(F)F)c2)o1. The lowest BCUT2D eigenvalue weighted by Crippen LogP contribution is -2.42. The van der Waals surface area contributed by atoms with Gasteiger partial charge in [0.05, 0.1) is 5.56 Å². The van der Waals surface area contributed by atoms with Gasteiger partial charge in [-0.1, -0.05) is 12.1 Å². The molecule has 1 aromatic carbocycles. The van der Waals surface area contributed by atoms with Crippen LogP contribution in [0.2, 0.25) is 0 Å². The summed E-state index contributed by atoms with van der Waals surface area (Å²) in [6.45, 7) is 0. The number of carbonyl (C=O) groups excluding carboxylic acids is 1. The molecule has 4 rings (SSSR count). The maximum Gasteiger partial charge on any atom is 0.416 e. The van der Waals surface area contributed by atoms with E-state index in [0.717, 1.165) is 31.4 Å². The Hall–Kier alpha value is -2.28. The summed E-state index contributed by atoms with van der Waals surface area (Å²) in [6, 6.07) is 8.71. The first kappa shape index (κ1) is 16.2. The molecule has 0 saturated carbocycles. The topological polar surface area (TPSA) is 54.3 Å². The molecule has 2 fully saturated rings. The van der Waals surface area contributed by atoms with Gasteiger partial charge in [-0.25, -0.2) is 0 Å². The van der Waals surface area contributed by atoms with E-state index in [1.54, 1.807) is 0 Å². The molecular formula is C18H17F3N2O2. The van der Waals surface area contributed by atoms with Crippen molar-refractivity contribution in [3.05, 3.63) is 47.7 Å². The predicted molar refractivity (Wildman–Crippen MR) is 85.0 cm³/mol. The van der Waals surface area contributed by atoms with Crippen LogP contribution in [0.25, 0.3) is 11.3 Å². The predicted octanol–water partition coefficient (Wildman–Crippen LogP) is 3.59. The summed E-state index contributed by atoms with van der Waals surface area (Å²) in [5, 5.41) is 6.39. The summed E-state index contributed by atoms with van der Waals surface area (Å²) in [6.07, 6.45) is -1.34. The van der Waals surface area contributed by atoms with E-state index < -0.39 is 11.7 Å². The first-order valence-electron chi connectivity index (χ1n) is 8.24. The molecule has 4 nitrogen and oxygen atoms in total. The number of rotatable bonds is 3. The minimum atomic E-state index is -4.42. The normalized spacial score (nSPS) is 25.3. The molecule has 0 spiro atoms. The summed E-state index contributed by atoms with van der Waals surface area (Å²) in [7, 11) is 0. The lowest BCUT2D eigenvalue weighted by molar-refractivity contribution is -0.137. The van der Waals surface area contributed by atoms with Crippen LogP contribution in [-0.2, 0) is 6.18 Å². The zero-order valence-corrected chi connectivity index (χ0v) is 13.3. The highest BCUT2D eigenvalue weighted by Gasteiger charge is 2.40.